The van der Waals surface area contributed by atoms with Crippen molar-refractivity contribution in [2.24, 2.45) is 11.8 Å². The number of carbonyl (C=O) groups excluding carboxylic acids is 1. The number of carbonyl (C=O) groups is 1. The highest BCUT2D eigenvalue weighted by Gasteiger charge is 2.27. The number of rotatable bonds is 5. The zero-order valence-corrected chi connectivity index (χ0v) is 11.1. The molecule has 0 aromatic carbocycles. The molecule has 2 N–H and O–H groups in total. The predicted molar refractivity (Wildman–Crippen MR) is 67.3 cm³/mol. The van der Waals surface area contributed by atoms with Crippen LogP contribution in [0.2, 0.25) is 0 Å². The summed E-state index contributed by atoms with van der Waals surface area (Å²) in [5.41, 5.74) is -0.445. The van der Waals surface area contributed by atoms with Crippen LogP contribution in [0.25, 0.3) is 0 Å². The predicted octanol–water partition coefficient (Wildman–Crippen LogP) is 1.93. The third-order valence-corrected chi connectivity index (χ3v) is 3.54. The van der Waals surface area contributed by atoms with E-state index in [1.165, 1.54) is 19.3 Å². The molecule has 0 aliphatic heterocycles. The Balaban J connectivity index is 2.29. The van der Waals surface area contributed by atoms with Gasteiger partial charge in [-0.05, 0) is 45.1 Å². The zero-order valence-electron chi connectivity index (χ0n) is 11.1. The van der Waals surface area contributed by atoms with Gasteiger partial charge in [-0.15, -0.1) is 0 Å². The molecule has 3 nitrogen and oxygen atoms in total. The Morgan fingerprint density at radius 3 is 2.56 bits per heavy atom. The van der Waals surface area contributed by atoms with Crippen molar-refractivity contribution in [3.63, 3.8) is 0 Å². The molecule has 0 spiro atoms. The van der Waals surface area contributed by atoms with E-state index >= 15 is 0 Å². The van der Waals surface area contributed by atoms with Crippen molar-refractivity contribution in [1.29, 1.82) is 0 Å². The minimum atomic E-state index is -0.445. The lowest BCUT2D eigenvalue weighted by atomic mass is 10.0. The Labute approximate surface area is 99.4 Å². The van der Waals surface area contributed by atoms with E-state index in [1.54, 1.807) is 0 Å². The van der Waals surface area contributed by atoms with Crippen LogP contribution < -0.4 is 10.6 Å². The number of likely N-dealkylation sites (N-methyl/N-ethyl adjacent to an activating group) is 1. The summed E-state index contributed by atoms with van der Waals surface area (Å²) in [7, 11) is 0. The van der Waals surface area contributed by atoms with Crippen LogP contribution in [0, 0.1) is 11.8 Å². The second-order valence-electron chi connectivity index (χ2n) is 5.65. The lowest BCUT2D eigenvalue weighted by molar-refractivity contribution is -0.126. The van der Waals surface area contributed by atoms with Crippen LogP contribution in [-0.2, 0) is 4.79 Å². The summed E-state index contributed by atoms with van der Waals surface area (Å²) < 4.78 is 0. The summed E-state index contributed by atoms with van der Waals surface area (Å²) in [4.78, 5) is 11.9. The number of hydrogen-bond donors (Lipinski definition) is 2. The van der Waals surface area contributed by atoms with E-state index in [-0.39, 0.29) is 5.91 Å². The van der Waals surface area contributed by atoms with Gasteiger partial charge < -0.3 is 10.6 Å². The van der Waals surface area contributed by atoms with Crippen molar-refractivity contribution in [2.75, 3.05) is 13.1 Å². The first-order chi connectivity index (χ1) is 7.45. The fraction of sp³-hybridized carbons (Fsp3) is 0.923. The first-order valence-corrected chi connectivity index (χ1v) is 6.49. The summed E-state index contributed by atoms with van der Waals surface area (Å²) in [6, 6.07) is 0. The summed E-state index contributed by atoms with van der Waals surface area (Å²) in [5.74, 6) is 1.65. The Hall–Kier alpha value is -0.570. The minimum Gasteiger partial charge on any atom is -0.354 e. The highest BCUT2D eigenvalue weighted by atomic mass is 16.2. The number of nitrogens with one attached hydrogen (secondary N) is 2. The van der Waals surface area contributed by atoms with Gasteiger partial charge >= 0.3 is 0 Å². The van der Waals surface area contributed by atoms with Gasteiger partial charge in [-0.3, -0.25) is 4.79 Å². The normalized spacial score (nSPS) is 25.8. The van der Waals surface area contributed by atoms with Gasteiger partial charge in [0.15, 0.2) is 0 Å². The number of hydrogen-bond acceptors (Lipinski definition) is 2. The third-order valence-electron chi connectivity index (χ3n) is 3.54. The smallest absolute Gasteiger partial charge is 0.239 e. The molecule has 94 valence electrons. The van der Waals surface area contributed by atoms with E-state index in [0.717, 1.165) is 19.0 Å². The van der Waals surface area contributed by atoms with E-state index in [9.17, 15) is 4.79 Å². The minimum absolute atomic E-state index is 0.119. The molecule has 0 saturated heterocycles. The van der Waals surface area contributed by atoms with E-state index in [1.807, 2.05) is 20.8 Å². The highest BCUT2D eigenvalue weighted by Crippen LogP contribution is 2.29. The SMILES string of the molecule is CCNC(C)(C)C(=O)NCC1CCC(C)C1. The maximum Gasteiger partial charge on any atom is 0.239 e. The van der Waals surface area contributed by atoms with Gasteiger partial charge in [-0.2, -0.15) is 0 Å². The molecule has 0 aromatic rings. The molecule has 2 atom stereocenters. The maximum absolute atomic E-state index is 11.9. The zero-order chi connectivity index (χ0) is 12.2. The van der Waals surface area contributed by atoms with Crippen LogP contribution in [0.3, 0.4) is 0 Å². The van der Waals surface area contributed by atoms with Gasteiger partial charge in [-0.1, -0.05) is 20.3 Å². The van der Waals surface area contributed by atoms with Crippen LogP contribution in [0.15, 0.2) is 0 Å². The molecular weight excluding hydrogens is 200 g/mol. The molecule has 1 aliphatic rings. The van der Waals surface area contributed by atoms with Crippen molar-refractivity contribution in [3.8, 4) is 0 Å². The van der Waals surface area contributed by atoms with Gasteiger partial charge in [0.05, 0.1) is 5.54 Å². The van der Waals surface area contributed by atoms with Crippen LogP contribution in [0.1, 0.15) is 47.0 Å². The van der Waals surface area contributed by atoms with Gasteiger partial charge in [0.1, 0.15) is 0 Å². The van der Waals surface area contributed by atoms with Crippen LogP contribution in [0.5, 0.6) is 0 Å². The fourth-order valence-corrected chi connectivity index (χ4v) is 2.49. The molecule has 16 heavy (non-hydrogen) atoms. The summed E-state index contributed by atoms with van der Waals surface area (Å²) >= 11 is 0. The molecule has 0 heterocycles. The molecule has 1 rings (SSSR count). The Morgan fingerprint density at radius 2 is 2.06 bits per heavy atom. The highest BCUT2D eigenvalue weighted by molar-refractivity contribution is 5.85. The summed E-state index contributed by atoms with van der Waals surface area (Å²) in [6.45, 7) is 9.85. The largest absolute Gasteiger partial charge is 0.354 e. The van der Waals surface area contributed by atoms with Crippen molar-refractivity contribution >= 4 is 5.91 Å². The molecule has 1 amide bonds. The maximum atomic E-state index is 11.9. The van der Waals surface area contributed by atoms with E-state index < -0.39 is 5.54 Å². The molecule has 0 radical (unpaired) electrons. The molecular formula is C13H26N2O. The first-order valence-electron chi connectivity index (χ1n) is 6.49. The molecule has 1 saturated carbocycles. The lowest BCUT2D eigenvalue weighted by Gasteiger charge is -2.25. The monoisotopic (exact) mass is 226 g/mol. The van der Waals surface area contributed by atoms with Gasteiger partial charge in [0, 0.05) is 6.54 Å². The molecule has 2 unspecified atom stereocenters. The molecule has 0 bridgehead atoms. The van der Waals surface area contributed by atoms with Crippen molar-refractivity contribution < 1.29 is 4.79 Å². The fourth-order valence-electron chi connectivity index (χ4n) is 2.49. The van der Waals surface area contributed by atoms with E-state index in [4.69, 9.17) is 0 Å². The van der Waals surface area contributed by atoms with Crippen molar-refractivity contribution in [1.82, 2.24) is 10.6 Å². The van der Waals surface area contributed by atoms with Crippen molar-refractivity contribution in [3.05, 3.63) is 0 Å². The molecule has 3 heteroatoms. The van der Waals surface area contributed by atoms with Crippen LogP contribution in [0.4, 0.5) is 0 Å². The average Bonchev–Trinajstić information content (AvgIpc) is 2.60. The second-order valence-corrected chi connectivity index (χ2v) is 5.65. The first kappa shape index (κ1) is 13.5. The van der Waals surface area contributed by atoms with Crippen LogP contribution in [-0.4, -0.2) is 24.5 Å². The van der Waals surface area contributed by atoms with Crippen molar-refractivity contribution in [2.45, 2.75) is 52.5 Å². The van der Waals surface area contributed by atoms with Gasteiger partial charge in [-0.25, -0.2) is 0 Å². The van der Waals surface area contributed by atoms with Gasteiger partial charge in [0.2, 0.25) is 5.91 Å². The third kappa shape index (κ3) is 3.78. The molecule has 1 aliphatic carbocycles. The van der Waals surface area contributed by atoms with E-state index in [2.05, 4.69) is 17.6 Å². The Kier molecular flexibility index (Phi) is 4.78. The number of amides is 1. The lowest BCUT2D eigenvalue weighted by Crippen LogP contribution is -2.53. The van der Waals surface area contributed by atoms with Crippen LogP contribution >= 0.6 is 0 Å². The quantitative estimate of drug-likeness (QED) is 0.752. The van der Waals surface area contributed by atoms with E-state index in [0.29, 0.717) is 5.92 Å². The molecule has 0 aromatic heterocycles. The summed E-state index contributed by atoms with van der Waals surface area (Å²) in [6.07, 6.45) is 3.85. The Morgan fingerprint density at radius 1 is 1.38 bits per heavy atom. The Bertz CT molecular complexity index is 238. The van der Waals surface area contributed by atoms with Gasteiger partial charge in [0.25, 0.3) is 0 Å². The summed E-state index contributed by atoms with van der Waals surface area (Å²) in [5, 5.41) is 6.26. The second kappa shape index (κ2) is 5.67. The topological polar surface area (TPSA) is 41.1 Å². The average molecular weight is 226 g/mol. The standard InChI is InChI=1S/C13H26N2O/c1-5-15-13(3,4)12(16)14-9-11-7-6-10(2)8-11/h10-11,15H,5-9H2,1-4H3,(H,14,16). The molecule has 1 fully saturated rings.